The molecule has 0 heterocycles. The second kappa shape index (κ2) is 6.48. The molecule has 0 amide bonds. The summed E-state index contributed by atoms with van der Waals surface area (Å²) in [6.07, 6.45) is 0. The Bertz CT molecular complexity index is 762. The van der Waals surface area contributed by atoms with E-state index in [1.54, 1.807) is 37.4 Å². The van der Waals surface area contributed by atoms with Crippen molar-refractivity contribution < 1.29 is 13.2 Å². The average molecular weight is 367 g/mol. The van der Waals surface area contributed by atoms with E-state index in [1.807, 2.05) is 25.1 Å². The SMILES string of the molecule is COc1cccc(C([SeH])=CS(=O)(=O)c2ccc(C)cc2)c1. The number of rotatable bonds is 4. The number of benzene rings is 2. The molecule has 0 radical (unpaired) electrons. The van der Waals surface area contributed by atoms with Crippen LogP contribution < -0.4 is 4.74 Å². The van der Waals surface area contributed by atoms with E-state index in [0.717, 1.165) is 11.1 Å². The van der Waals surface area contributed by atoms with Gasteiger partial charge in [0.15, 0.2) is 0 Å². The summed E-state index contributed by atoms with van der Waals surface area (Å²) in [5, 5.41) is 1.27. The summed E-state index contributed by atoms with van der Waals surface area (Å²) in [4.78, 5) is 0.291. The minimum atomic E-state index is -3.46. The molecule has 0 unspecified atom stereocenters. The molecule has 0 aliphatic carbocycles. The van der Waals surface area contributed by atoms with Crippen LogP contribution in [0.25, 0.3) is 4.47 Å². The van der Waals surface area contributed by atoms with Crippen molar-refractivity contribution in [3.8, 4) is 5.75 Å². The number of aryl methyl sites for hydroxylation is 1. The van der Waals surface area contributed by atoms with Gasteiger partial charge in [0, 0.05) is 0 Å². The van der Waals surface area contributed by atoms with E-state index >= 15 is 0 Å². The molecule has 0 aliphatic heterocycles. The first-order valence-corrected chi connectivity index (χ1v) is 8.78. The topological polar surface area (TPSA) is 43.4 Å². The molecule has 0 fully saturated rings. The third-order valence-corrected chi connectivity index (χ3v) is 5.65. The van der Waals surface area contributed by atoms with Gasteiger partial charge >= 0.3 is 133 Å². The first-order chi connectivity index (χ1) is 9.92. The van der Waals surface area contributed by atoms with Crippen molar-refractivity contribution in [3.05, 3.63) is 65.1 Å². The molecule has 0 aromatic heterocycles. The number of hydrogen-bond acceptors (Lipinski definition) is 3. The summed E-state index contributed by atoms with van der Waals surface area (Å²) < 4.78 is 30.5. The van der Waals surface area contributed by atoms with E-state index in [2.05, 4.69) is 16.0 Å². The Balaban J connectivity index is 2.38. The molecule has 2 aromatic rings. The van der Waals surface area contributed by atoms with E-state index in [4.69, 9.17) is 4.74 Å². The van der Waals surface area contributed by atoms with Gasteiger partial charge in [-0.15, -0.1) is 0 Å². The molecule has 0 saturated heterocycles. The molecular weight excluding hydrogens is 351 g/mol. The van der Waals surface area contributed by atoms with Gasteiger partial charge in [-0.2, -0.15) is 0 Å². The van der Waals surface area contributed by atoms with E-state index in [0.29, 0.717) is 15.1 Å². The zero-order chi connectivity index (χ0) is 15.5. The summed E-state index contributed by atoms with van der Waals surface area (Å²) in [5.41, 5.74) is 1.82. The van der Waals surface area contributed by atoms with Crippen molar-refractivity contribution in [1.82, 2.24) is 0 Å². The van der Waals surface area contributed by atoms with Crippen molar-refractivity contribution in [2.24, 2.45) is 0 Å². The maximum atomic E-state index is 12.4. The molecule has 21 heavy (non-hydrogen) atoms. The fraction of sp³-hybridized carbons (Fsp3) is 0.125. The second-order valence-electron chi connectivity index (χ2n) is 4.59. The van der Waals surface area contributed by atoms with E-state index in [-0.39, 0.29) is 0 Å². The number of hydrogen-bond donors (Lipinski definition) is 0. The zero-order valence-electron chi connectivity index (χ0n) is 11.8. The van der Waals surface area contributed by atoms with Gasteiger partial charge in [0.05, 0.1) is 0 Å². The van der Waals surface area contributed by atoms with Gasteiger partial charge in [-0.05, 0) is 0 Å². The zero-order valence-corrected chi connectivity index (χ0v) is 14.5. The summed E-state index contributed by atoms with van der Waals surface area (Å²) >= 11 is 2.29. The standard InChI is InChI=1S/C16H16O3SSe/c1-12-6-8-15(9-7-12)20(17,18)11-16(21)13-4-3-5-14(10-13)19-2/h3-11,21H,1-2H3. The monoisotopic (exact) mass is 368 g/mol. The van der Waals surface area contributed by atoms with Crippen molar-refractivity contribution in [2.75, 3.05) is 7.11 Å². The van der Waals surface area contributed by atoms with Gasteiger partial charge in [-0.25, -0.2) is 0 Å². The van der Waals surface area contributed by atoms with Crippen molar-refractivity contribution in [3.63, 3.8) is 0 Å². The second-order valence-corrected chi connectivity index (χ2v) is 7.40. The Labute approximate surface area is 133 Å². The molecule has 2 rings (SSSR count). The van der Waals surface area contributed by atoms with Gasteiger partial charge in [-0.1, -0.05) is 0 Å². The molecule has 0 aliphatic rings. The maximum absolute atomic E-state index is 12.4. The van der Waals surface area contributed by atoms with Crippen LogP contribution in [0.2, 0.25) is 0 Å². The fourth-order valence-electron chi connectivity index (χ4n) is 1.79. The van der Waals surface area contributed by atoms with Crippen molar-refractivity contribution >= 4 is 30.3 Å². The predicted octanol–water partition coefficient (Wildman–Crippen LogP) is 2.68. The molecule has 5 heteroatoms. The molecule has 2 aromatic carbocycles. The first kappa shape index (κ1) is 15.8. The number of methoxy groups -OCH3 is 1. The molecule has 0 atom stereocenters. The quantitative estimate of drug-likeness (QED) is 0.781. The molecule has 0 spiro atoms. The molecule has 0 bridgehead atoms. The van der Waals surface area contributed by atoms with Gasteiger partial charge < -0.3 is 0 Å². The van der Waals surface area contributed by atoms with Crippen LogP contribution in [0.1, 0.15) is 11.1 Å². The summed E-state index contributed by atoms with van der Waals surface area (Å²) in [5.74, 6) is 0.692. The molecule has 0 N–H and O–H groups in total. The summed E-state index contributed by atoms with van der Waals surface area (Å²) in [6, 6.07) is 14.1. The van der Waals surface area contributed by atoms with Gasteiger partial charge in [0.1, 0.15) is 0 Å². The van der Waals surface area contributed by atoms with Gasteiger partial charge in [0.2, 0.25) is 0 Å². The van der Waals surface area contributed by atoms with Gasteiger partial charge in [-0.3, -0.25) is 0 Å². The molecule has 3 nitrogen and oxygen atoms in total. The Kier molecular flexibility index (Phi) is 4.88. The van der Waals surface area contributed by atoms with Crippen molar-refractivity contribution in [2.45, 2.75) is 11.8 Å². The fourth-order valence-corrected chi connectivity index (χ4v) is 4.04. The summed E-state index contributed by atoms with van der Waals surface area (Å²) in [7, 11) is -1.88. The predicted molar refractivity (Wildman–Crippen MR) is 86.5 cm³/mol. The van der Waals surface area contributed by atoms with E-state index < -0.39 is 9.84 Å². The molecule has 0 saturated carbocycles. The normalized spacial score (nSPS) is 12.2. The van der Waals surface area contributed by atoms with Crippen LogP contribution >= 0.6 is 0 Å². The minimum absolute atomic E-state index is 0.291. The summed E-state index contributed by atoms with van der Waals surface area (Å²) in [6.45, 7) is 1.92. The Morgan fingerprint density at radius 3 is 2.43 bits per heavy atom. The number of sulfone groups is 1. The van der Waals surface area contributed by atoms with Crippen LogP contribution in [0, 0.1) is 6.92 Å². The van der Waals surface area contributed by atoms with Crippen LogP contribution in [-0.4, -0.2) is 31.5 Å². The van der Waals surface area contributed by atoms with E-state index in [9.17, 15) is 8.42 Å². The van der Waals surface area contributed by atoms with Crippen LogP contribution in [0.4, 0.5) is 0 Å². The van der Waals surface area contributed by atoms with Crippen molar-refractivity contribution in [1.29, 1.82) is 0 Å². The molecule has 110 valence electrons. The van der Waals surface area contributed by atoms with Gasteiger partial charge in [0.25, 0.3) is 0 Å². The third-order valence-electron chi connectivity index (χ3n) is 2.98. The van der Waals surface area contributed by atoms with Crippen LogP contribution in [0.3, 0.4) is 0 Å². The van der Waals surface area contributed by atoms with E-state index in [1.165, 1.54) is 5.41 Å². The Hall–Kier alpha value is -1.55. The average Bonchev–Trinajstić information content (AvgIpc) is 2.47. The first-order valence-electron chi connectivity index (χ1n) is 6.29. The Morgan fingerprint density at radius 1 is 1.14 bits per heavy atom. The number of ether oxygens (including phenoxy) is 1. The van der Waals surface area contributed by atoms with Crippen LogP contribution in [0.5, 0.6) is 5.75 Å². The third kappa shape index (κ3) is 3.97. The Morgan fingerprint density at radius 2 is 1.81 bits per heavy atom. The molecular formula is C16H16O3SSe. The van der Waals surface area contributed by atoms with Crippen LogP contribution in [0.15, 0.2) is 58.8 Å². The van der Waals surface area contributed by atoms with Crippen LogP contribution in [-0.2, 0) is 9.84 Å².